The number of aliphatic hydroxyl groups excluding tert-OH is 1. The summed E-state index contributed by atoms with van der Waals surface area (Å²) in [6.07, 6.45) is 1.69. The number of benzene rings is 1. The first-order valence-corrected chi connectivity index (χ1v) is 5.92. The molecular formula is C13H16FNO3. The highest BCUT2D eigenvalue weighted by atomic mass is 19.1. The normalized spacial score (nSPS) is 19.1. The summed E-state index contributed by atoms with van der Waals surface area (Å²) in [6.45, 7) is 0.591. The van der Waals surface area contributed by atoms with Gasteiger partial charge in [0.05, 0.1) is 19.8 Å². The first kappa shape index (κ1) is 12.8. The Morgan fingerprint density at radius 1 is 1.61 bits per heavy atom. The van der Waals surface area contributed by atoms with Gasteiger partial charge in [0.25, 0.3) is 5.91 Å². The van der Waals surface area contributed by atoms with Crippen LogP contribution in [0.25, 0.3) is 0 Å². The molecule has 1 heterocycles. The summed E-state index contributed by atoms with van der Waals surface area (Å²) in [6, 6.07) is 3.92. The molecule has 0 bridgehead atoms. The summed E-state index contributed by atoms with van der Waals surface area (Å²) in [5, 5.41) is 9.20. The van der Waals surface area contributed by atoms with Crippen molar-refractivity contribution in [2.45, 2.75) is 18.9 Å². The summed E-state index contributed by atoms with van der Waals surface area (Å²) in [4.78, 5) is 13.9. The monoisotopic (exact) mass is 253 g/mol. The Bertz CT molecular complexity index is 450. The second-order valence-corrected chi connectivity index (χ2v) is 4.33. The zero-order chi connectivity index (χ0) is 13.1. The van der Waals surface area contributed by atoms with Crippen LogP contribution >= 0.6 is 0 Å². The molecule has 1 atom stereocenters. The molecule has 1 saturated heterocycles. The number of carbonyl (C=O) groups is 1. The van der Waals surface area contributed by atoms with E-state index in [0.717, 1.165) is 12.8 Å². The van der Waals surface area contributed by atoms with Crippen LogP contribution in [0.1, 0.15) is 23.2 Å². The van der Waals surface area contributed by atoms with E-state index in [2.05, 4.69) is 0 Å². The van der Waals surface area contributed by atoms with Crippen LogP contribution in [0.4, 0.5) is 4.39 Å². The maximum absolute atomic E-state index is 13.3. The number of methoxy groups -OCH3 is 1. The lowest BCUT2D eigenvalue weighted by Crippen LogP contribution is -2.37. The van der Waals surface area contributed by atoms with Crippen LogP contribution < -0.4 is 4.74 Å². The molecule has 1 aliphatic rings. The van der Waals surface area contributed by atoms with Crippen molar-refractivity contribution in [1.29, 1.82) is 0 Å². The van der Waals surface area contributed by atoms with Crippen LogP contribution in [0.2, 0.25) is 0 Å². The number of ether oxygens (including phenoxy) is 1. The Labute approximate surface area is 105 Å². The van der Waals surface area contributed by atoms with E-state index in [-0.39, 0.29) is 24.3 Å². The van der Waals surface area contributed by atoms with E-state index in [1.807, 2.05) is 0 Å². The molecule has 0 aromatic heterocycles. The highest BCUT2D eigenvalue weighted by Gasteiger charge is 2.29. The molecule has 0 unspecified atom stereocenters. The molecule has 0 radical (unpaired) electrons. The summed E-state index contributed by atoms with van der Waals surface area (Å²) in [7, 11) is 1.36. The highest BCUT2D eigenvalue weighted by molar-refractivity contribution is 5.95. The number of nitrogens with zero attached hydrogens (tertiary/aromatic N) is 1. The molecule has 1 N–H and O–H groups in total. The van der Waals surface area contributed by atoms with Gasteiger partial charge in [-0.1, -0.05) is 0 Å². The third-order valence-electron chi connectivity index (χ3n) is 3.25. The molecule has 0 spiro atoms. The second-order valence-electron chi connectivity index (χ2n) is 4.33. The number of aliphatic hydroxyl groups is 1. The third-order valence-corrected chi connectivity index (χ3v) is 3.25. The van der Waals surface area contributed by atoms with Gasteiger partial charge >= 0.3 is 0 Å². The fraction of sp³-hybridized carbons (Fsp3) is 0.462. The molecule has 1 aromatic carbocycles. The maximum atomic E-state index is 13.3. The Balaban J connectivity index is 2.23. The van der Waals surface area contributed by atoms with E-state index >= 15 is 0 Å². The fourth-order valence-electron chi connectivity index (χ4n) is 2.25. The van der Waals surface area contributed by atoms with Crippen LogP contribution in [0.3, 0.4) is 0 Å². The lowest BCUT2D eigenvalue weighted by molar-refractivity contribution is 0.0677. The third kappa shape index (κ3) is 2.31. The molecule has 0 saturated carbocycles. The largest absolute Gasteiger partial charge is 0.494 e. The molecule has 5 heteroatoms. The van der Waals surface area contributed by atoms with Gasteiger partial charge in [-0.15, -0.1) is 0 Å². The number of halogens is 1. The Kier molecular flexibility index (Phi) is 3.81. The number of likely N-dealkylation sites (tertiary alicyclic amines) is 1. The van der Waals surface area contributed by atoms with E-state index in [1.54, 1.807) is 4.90 Å². The van der Waals surface area contributed by atoms with E-state index in [9.17, 15) is 14.3 Å². The summed E-state index contributed by atoms with van der Waals surface area (Å²) >= 11 is 0. The Hall–Kier alpha value is -1.62. The van der Waals surface area contributed by atoms with E-state index < -0.39 is 5.82 Å². The van der Waals surface area contributed by atoms with Crippen molar-refractivity contribution >= 4 is 5.91 Å². The van der Waals surface area contributed by atoms with Crippen molar-refractivity contribution in [3.8, 4) is 5.75 Å². The zero-order valence-corrected chi connectivity index (χ0v) is 10.2. The van der Waals surface area contributed by atoms with E-state index in [4.69, 9.17) is 4.74 Å². The average molecular weight is 253 g/mol. The molecule has 18 heavy (non-hydrogen) atoms. The molecule has 1 fully saturated rings. The van der Waals surface area contributed by atoms with Gasteiger partial charge in [-0.05, 0) is 31.0 Å². The van der Waals surface area contributed by atoms with Gasteiger partial charge in [0, 0.05) is 12.1 Å². The number of hydrogen-bond acceptors (Lipinski definition) is 3. The van der Waals surface area contributed by atoms with Crippen molar-refractivity contribution in [3.63, 3.8) is 0 Å². The first-order valence-electron chi connectivity index (χ1n) is 5.92. The minimum absolute atomic E-state index is 0.0376. The van der Waals surface area contributed by atoms with Crippen LogP contribution in [0, 0.1) is 5.82 Å². The van der Waals surface area contributed by atoms with Gasteiger partial charge in [-0.3, -0.25) is 4.79 Å². The molecule has 2 rings (SSSR count). The SMILES string of the molecule is COc1cc(C(=O)N2CCC[C@@H]2CO)ccc1F. The minimum Gasteiger partial charge on any atom is -0.494 e. The number of hydrogen-bond donors (Lipinski definition) is 1. The zero-order valence-electron chi connectivity index (χ0n) is 10.2. The molecule has 98 valence electrons. The van der Waals surface area contributed by atoms with E-state index in [1.165, 1.54) is 25.3 Å². The Morgan fingerprint density at radius 2 is 2.39 bits per heavy atom. The molecular weight excluding hydrogens is 237 g/mol. The predicted molar refractivity (Wildman–Crippen MR) is 64.1 cm³/mol. The minimum atomic E-state index is -0.491. The van der Waals surface area contributed by atoms with Crippen molar-refractivity contribution in [2.75, 3.05) is 20.3 Å². The second kappa shape index (κ2) is 5.35. The molecule has 0 aliphatic carbocycles. The van der Waals surface area contributed by atoms with Gasteiger partial charge in [0.1, 0.15) is 0 Å². The molecule has 1 aliphatic heterocycles. The molecule has 1 aromatic rings. The smallest absolute Gasteiger partial charge is 0.254 e. The maximum Gasteiger partial charge on any atom is 0.254 e. The van der Waals surface area contributed by atoms with Crippen LogP contribution in [0.15, 0.2) is 18.2 Å². The summed E-state index contributed by atoms with van der Waals surface area (Å²) < 4.78 is 18.1. The van der Waals surface area contributed by atoms with Crippen LogP contribution in [-0.4, -0.2) is 42.2 Å². The highest BCUT2D eigenvalue weighted by Crippen LogP contribution is 2.23. The van der Waals surface area contributed by atoms with Crippen molar-refractivity contribution in [1.82, 2.24) is 4.90 Å². The number of carbonyl (C=O) groups excluding carboxylic acids is 1. The predicted octanol–water partition coefficient (Wildman–Crippen LogP) is 1.43. The molecule has 4 nitrogen and oxygen atoms in total. The first-order chi connectivity index (χ1) is 8.67. The van der Waals surface area contributed by atoms with Crippen molar-refractivity contribution in [2.24, 2.45) is 0 Å². The van der Waals surface area contributed by atoms with E-state index in [0.29, 0.717) is 12.1 Å². The van der Waals surface area contributed by atoms with Crippen LogP contribution in [-0.2, 0) is 0 Å². The standard InChI is InChI=1S/C13H16FNO3/c1-18-12-7-9(4-5-11(12)14)13(17)15-6-2-3-10(15)8-16/h4-5,7,10,16H,2-3,6,8H2,1H3/t10-/m1/s1. The Morgan fingerprint density at radius 3 is 3.06 bits per heavy atom. The van der Waals surface area contributed by atoms with Crippen LogP contribution in [0.5, 0.6) is 5.75 Å². The van der Waals surface area contributed by atoms with Gasteiger partial charge < -0.3 is 14.7 Å². The lowest BCUT2D eigenvalue weighted by atomic mass is 10.1. The number of amides is 1. The fourth-order valence-corrected chi connectivity index (χ4v) is 2.25. The summed E-state index contributed by atoms with van der Waals surface area (Å²) in [5.74, 6) is -0.625. The topological polar surface area (TPSA) is 49.8 Å². The van der Waals surface area contributed by atoms with Crippen molar-refractivity contribution < 1.29 is 19.0 Å². The molecule has 1 amide bonds. The number of rotatable bonds is 3. The van der Waals surface area contributed by atoms with Gasteiger partial charge in [0.15, 0.2) is 11.6 Å². The van der Waals surface area contributed by atoms with Gasteiger partial charge in [-0.25, -0.2) is 4.39 Å². The lowest BCUT2D eigenvalue weighted by Gasteiger charge is -2.23. The summed E-state index contributed by atoms with van der Waals surface area (Å²) in [5.41, 5.74) is 0.383. The van der Waals surface area contributed by atoms with Gasteiger partial charge in [0.2, 0.25) is 0 Å². The quantitative estimate of drug-likeness (QED) is 0.886. The van der Waals surface area contributed by atoms with Gasteiger partial charge in [-0.2, -0.15) is 0 Å². The average Bonchev–Trinajstić information content (AvgIpc) is 2.86. The van der Waals surface area contributed by atoms with Crippen molar-refractivity contribution in [3.05, 3.63) is 29.6 Å².